The van der Waals surface area contributed by atoms with Gasteiger partial charge >= 0.3 is 30.6 Å². The SMILES string of the molecule is FC(F)=C(F)OC(F)(F)C(F)(F)C(F)F. The standard InChI is InChI=1S/C5HF9O/c6-1(7)2(8)15-5(13,14)4(11,12)3(9)10/h3H. The largest absolute Gasteiger partial charge is 0.472 e. The van der Waals surface area contributed by atoms with Gasteiger partial charge in [-0.3, -0.25) is 0 Å². The summed E-state index contributed by atoms with van der Waals surface area (Å²) in [7, 11) is 0. The van der Waals surface area contributed by atoms with Crippen LogP contribution in [0.25, 0.3) is 0 Å². The molecular weight excluding hydrogens is 247 g/mol. The van der Waals surface area contributed by atoms with Gasteiger partial charge in [-0.15, -0.1) is 0 Å². The Morgan fingerprint density at radius 2 is 1.33 bits per heavy atom. The van der Waals surface area contributed by atoms with E-state index in [1.165, 1.54) is 0 Å². The number of hydrogen-bond acceptors (Lipinski definition) is 1. The van der Waals surface area contributed by atoms with Crippen molar-refractivity contribution >= 4 is 0 Å². The lowest BCUT2D eigenvalue weighted by atomic mass is 10.3. The van der Waals surface area contributed by atoms with E-state index in [1.54, 1.807) is 0 Å². The van der Waals surface area contributed by atoms with Crippen LogP contribution < -0.4 is 0 Å². The van der Waals surface area contributed by atoms with Gasteiger partial charge < -0.3 is 4.74 Å². The second-order valence-corrected chi connectivity index (χ2v) is 2.08. The van der Waals surface area contributed by atoms with E-state index in [1.807, 2.05) is 0 Å². The molecule has 0 aliphatic carbocycles. The third-order valence-corrected chi connectivity index (χ3v) is 1.03. The molecule has 0 atom stereocenters. The first-order chi connectivity index (χ1) is 6.52. The first kappa shape index (κ1) is 13.9. The molecule has 0 spiro atoms. The Morgan fingerprint density at radius 1 is 0.933 bits per heavy atom. The minimum atomic E-state index is -6.08. The van der Waals surface area contributed by atoms with Gasteiger partial charge in [0.05, 0.1) is 0 Å². The van der Waals surface area contributed by atoms with Crippen molar-refractivity contribution in [2.45, 2.75) is 18.5 Å². The molecule has 0 aromatic heterocycles. The summed E-state index contributed by atoms with van der Waals surface area (Å²) in [5, 5.41) is 0. The molecule has 15 heavy (non-hydrogen) atoms. The number of rotatable bonds is 4. The summed E-state index contributed by atoms with van der Waals surface area (Å²) in [6.45, 7) is 0. The molecule has 0 aromatic carbocycles. The normalized spacial score (nSPS) is 12.9. The Kier molecular flexibility index (Phi) is 3.88. The number of ether oxygens (including phenoxy) is 1. The van der Waals surface area contributed by atoms with Crippen LogP contribution in [0.5, 0.6) is 0 Å². The van der Waals surface area contributed by atoms with Crippen LogP contribution in [-0.4, -0.2) is 18.5 Å². The highest BCUT2D eigenvalue weighted by Gasteiger charge is 2.66. The molecule has 0 aliphatic heterocycles. The molecule has 0 amide bonds. The summed E-state index contributed by atoms with van der Waals surface area (Å²) in [5.41, 5.74) is 0. The Bertz CT molecular complexity index is 253. The van der Waals surface area contributed by atoms with Crippen LogP contribution in [0.3, 0.4) is 0 Å². The average Bonchev–Trinajstić information content (AvgIpc) is 2.02. The zero-order chi connectivity index (χ0) is 12.4. The van der Waals surface area contributed by atoms with Crippen LogP contribution in [0.1, 0.15) is 0 Å². The van der Waals surface area contributed by atoms with Gasteiger partial charge in [-0.25, -0.2) is 8.78 Å². The maximum Gasteiger partial charge on any atom is 0.472 e. The van der Waals surface area contributed by atoms with Crippen molar-refractivity contribution in [1.29, 1.82) is 0 Å². The van der Waals surface area contributed by atoms with Crippen LogP contribution in [0.15, 0.2) is 12.1 Å². The molecule has 0 saturated heterocycles. The highest BCUT2D eigenvalue weighted by molar-refractivity contribution is 4.87. The van der Waals surface area contributed by atoms with E-state index in [4.69, 9.17) is 0 Å². The molecule has 0 heterocycles. The molecule has 0 radical (unpaired) electrons. The first-order valence-corrected chi connectivity index (χ1v) is 2.96. The Hall–Kier alpha value is -1.09. The van der Waals surface area contributed by atoms with Crippen molar-refractivity contribution in [2.24, 2.45) is 0 Å². The summed E-state index contributed by atoms with van der Waals surface area (Å²) in [4.78, 5) is 0. The van der Waals surface area contributed by atoms with E-state index >= 15 is 0 Å². The quantitative estimate of drug-likeness (QED) is 0.546. The van der Waals surface area contributed by atoms with E-state index < -0.39 is 30.6 Å². The van der Waals surface area contributed by atoms with E-state index in [0.29, 0.717) is 0 Å². The van der Waals surface area contributed by atoms with Gasteiger partial charge in [0, 0.05) is 0 Å². The van der Waals surface area contributed by atoms with Crippen molar-refractivity contribution in [3.63, 3.8) is 0 Å². The van der Waals surface area contributed by atoms with Gasteiger partial charge in [0.25, 0.3) is 0 Å². The maximum absolute atomic E-state index is 12.0. The predicted molar refractivity (Wildman–Crippen MR) is 27.3 cm³/mol. The minimum absolute atomic E-state index is 2.12. The van der Waals surface area contributed by atoms with Crippen molar-refractivity contribution < 1.29 is 44.3 Å². The molecule has 0 rings (SSSR count). The monoisotopic (exact) mass is 248 g/mol. The molecule has 1 nitrogen and oxygen atoms in total. The number of hydrogen-bond donors (Lipinski definition) is 0. The van der Waals surface area contributed by atoms with E-state index in [0.717, 1.165) is 0 Å². The second-order valence-electron chi connectivity index (χ2n) is 2.08. The fourth-order valence-electron chi connectivity index (χ4n) is 0.346. The molecule has 0 N–H and O–H groups in total. The minimum Gasteiger partial charge on any atom is -0.397 e. The topological polar surface area (TPSA) is 9.23 Å². The molecule has 0 aliphatic rings. The maximum atomic E-state index is 12.0. The molecule has 0 fully saturated rings. The van der Waals surface area contributed by atoms with Gasteiger partial charge in [-0.2, -0.15) is 30.7 Å². The lowest BCUT2D eigenvalue weighted by Crippen LogP contribution is -2.47. The molecule has 0 bridgehead atoms. The summed E-state index contributed by atoms with van der Waals surface area (Å²) in [6, 6.07) is -3.35. The van der Waals surface area contributed by atoms with Crippen LogP contribution in [0.2, 0.25) is 0 Å². The van der Waals surface area contributed by atoms with Gasteiger partial charge in [0.2, 0.25) is 0 Å². The van der Waals surface area contributed by atoms with Crippen LogP contribution >= 0.6 is 0 Å². The number of alkyl halides is 6. The van der Waals surface area contributed by atoms with Crippen molar-refractivity contribution in [3.8, 4) is 0 Å². The zero-order valence-corrected chi connectivity index (χ0v) is 6.39. The van der Waals surface area contributed by atoms with E-state index in [-0.39, 0.29) is 0 Å². The molecular formula is C5HF9O. The van der Waals surface area contributed by atoms with Crippen molar-refractivity contribution in [1.82, 2.24) is 0 Å². The molecule has 0 unspecified atom stereocenters. The highest BCUT2D eigenvalue weighted by Crippen LogP contribution is 2.41. The Morgan fingerprint density at radius 3 is 1.60 bits per heavy atom. The van der Waals surface area contributed by atoms with E-state index in [9.17, 15) is 39.5 Å². The molecule has 0 aromatic rings. The van der Waals surface area contributed by atoms with E-state index in [2.05, 4.69) is 4.74 Å². The lowest BCUT2D eigenvalue weighted by Gasteiger charge is -2.24. The van der Waals surface area contributed by atoms with Crippen LogP contribution in [0, 0.1) is 0 Å². The zero-order valence-electron chi connectivity index (χ0n) is 6.39. The lowest BCUT2D eigenvalue weighted by molar-refractivity contribution is -0.367. The van der Waals surface area contributed by atoms with Gasteiger partial charge in [-0.1, -0.05) is 0 Å². The van der Waals surface area contributed by atoms with Crippen LogP contribution in [-0.2, 0) is 4.74 Å². The Labute approximate surface area is 76.1 Å². The highest BCUT2D eigenvalue weighted by atomic mass is 19.3. The third kappa shape index (κ3) is 2.93. The summed E-state index contributed by atoms with van der Waals surface area (Å²) < 4.78 is 107. The summed E-state index contributed by atoms with van der Waals surface area (Å²) >= 11 is 0. The molecule has 0 saturated carbocycles. The molecule has 90 valence electrons. The number of halogens is 9. The van der Waals surface area contributed by atoms with Gasteiger partial charge in [-0.05, 0) is 0 Å². The van der Waals surface area contributed by atoms with Crippen molar-refractivity contribution in [2.75, 3.05) is 0 Å². The fourth-order valence-corrected chi connectivity index (χ4v) is 0.346. The Balaban J connectivity index is 4.92. The fraction of sp³-hybridized carbons (Fsp3) is 0.600. The predicted octanol–water partition coefficient (Wildman–Crippen LogP) is 3.53. The second kappa shape index (κ2) is 4.19. The first-order valence-electron chi connectivity index (χ1n) is 2.96. The smallest absolute Gasteiger partial charge is 0.397 e. The van der Waals surface area contributed by atoms with Gasteiger partial charge in [0.1, 0.15) is 0 Å². The third-order valence-electron chi connectivity index (χ3n) is 1.03. The summed E-state index contributed by atoms with van der Waals surface area (Å²) in [6.07, 6.45) is -14.4. The van der Waals surface area contributed by atoms with Gasteiger partial charge in [0.15, 0.2) is 0 Å². The van der Waals surface area contributed by atoms with Crippen LogP contribution in [0.4, 0.5) is 39.5 Å². The van der Waals surface area contributed by atoms with Crippen molar-refractivity contribution in [3.05, 3.63) is 12.1 Å². The average molecular weight is 248 g/mol. The molecule has 10 heteroatoms. The summed E-state index contributed by atoms with van der Waals surface area (Å²) in [5.74, 6) is -6.08.